The third-order valence-electron chi connectivity index (χ3n) is 2.78. The summed E-state index contributed by atoms with van der Waals surface area (Å²) in [5.74, 6) is 0.180. The molecule has 0 aromatic heterocycles. The Labute approximate surface area is 117 Å². The van der Waals surface area contributed by atoms with Gasteiger partial charge in [-0.05, 0) is 29.8 Å². The van der Waals surface area contributed by atoms with Crippen molar-refractivity contribution in [2.75, 3.05) is 7.11 Å². The molecule has 100 valence electrons. The number of benzene rings is 2. The number of carbonyl (C=O) groups excluding carboxylic acids is 1. The van der Waals surface area contributed by atoms with Crippen LogP contribution in [0.1, 0.15) is 21.5 Å². The highest BCUT2D eigenvalue weighted by Crippen LogP contribution is 2.18. The molecule has 0 unspecified atom stereocenters. The van der Waals surface area contributed by atoms with Crippen molar-refractivity contribution >= 4 is 5.97 Å². The van der Waals surface area contributed by atoms with Gasteiger partial charge in [0, 0.05) is 0 Å². The molecule has 0 fully saturated rings. The quantitative estimate of drug-likeness (QED) is 0.799. The van der Waals surface area contributed by atoms with Gasteiger partial charge in [0.05, 0.1) is 18.2 Å². The number of methoxy groups -OCH3 is 1. The Morgan fingerprint density at radius 2 is 1.85 bits per heavy atom. The Hall–Kier alpha value is -2.80. The van der Waals surface area contributed by atoms with Gasteiger partial charge in [-0.2, -0.15) is 5.26 Å². The molecule has 20 heavy (non-hydrogen) atoms. The van der Waals surface area contributed by atoms with E-state index in [-0.39, 0.29) is 5.97 Å². The van der Waals surface area contributed by atoms with Crippen LogP contribution < -0.4 is 4.74 Å². The van der Waals surface area contributed by atoms with Gasteiger partial charge in [0.25, 0.3) is 0 Å². The van der Waals surface area contributed by atoms with E-state index in [1.165, 1.54) is 7.11 Å². The summed E-state index contributed by atoms with van der Waals surface area (Å²) in [4.78, 5) is 11.3. The van der Waals surface area contributed by atoms with Crippen LogP contribution in [0.4, 0.5) is 0 Å². The molecule has 0 atom stereocenters. The van der Waals surface area contributed by atoms with Crippen LogP contribution in [-0.4, -0.2) is 13.1 Å². The van der Waals surface area contributed by atoms with Crippen LogP contribution >= 0.6 is 0 Å². The van der Waals surface area contributed by atoms with Gasteiger partial charge in [-0.3, -0.25) is 0 Å². The SMILES string of the molecule is COC(=O)c1ccc(COc2ccccc2C#N)cc1. The zero-order valence-electron chi connectivity index (χ0n) is 11.0. The maximum Gasteiger partial charge on any atom is 0.337 e. The van der Waals surface area contributed by atoms with Gasteiger partial charge in [0.15, 0.2) is 0 Å². The Morgan fingerprint density at radius 3 is 2.50 bits per heavy atom. The first kappa shape index (κ1) is 13.6. The topological polar surface area (TPSA) is 59.3 Å². The van der Waals surface area contributed by atoms with E-state index in [1.807, 2.05) is 6.07 Å². The number of nitrogens with zero attached hydrogens (tertiary/aromatic N) is 1. The summed E-state index contributed by atoms with van der Waals surface area (Å²) in [5.41, 5.74) is 1.90. The molecule has 4 heteroatoms. The number of para-hydroxylation sites is 1. The van der Waals surface area contributed by atoms with Crippen LogP contribution in [0.5, 0.6) is 5.75 Å². The van der Waals surface area contributed by atoms with Crippen molar-refractivity contribution in [1.82, 2.24) is 0 Å². The third kappa shape index (κ3) is 3.15. The van der Waals surface area contributed by atoms with Gasteiger partial charge in [0.2, 0.25) is 0 Å². The fourth-order valence-corrected chi connectivity index (χ4v) is 1.70. The number of esters is 1. The van der Waals surface area contributed by atoms with Gasteiger partial charge in [-0.25, -0.2) is 4.79 Å². The lowest BCUT2D eigenvalue weighted by Crippen LogP contribution is -2.02. The van der Waals surface area contributed by atoms with Gasteiger partial charge in [-0.15, -0.1) is 0 Å². The molecule has 2 aromatic rings. The lowest BCUT2D eigenvalue weighted by Gasteiger charge is -2.08. The Kier molecular flexibility index (Phi) is 4.35. The van der Waals surface area contributed by atoms with Crippen molar-refractivity contribution in [1.29, 1.82) is 5.26 Å². The molecule has 0 heterocycles. The van der Waals surface area contributed by atoms with Gasteiger partial charge in [-0.1, -0.05) is 24.3 Å². The predicted molar refractivity (Wildman–Crippen MR) is 73.3 cm³/mol. The molecule has 0 aliphatic carbocycles. The molecule has 4 nitrogen and oxygen atoms in total. The molecule has 2 rings (SSSR count). The zero-order chi connectivity index (χ0) is 14.4. The summed E-state index contributed by atoms with van der Waals surface area (Å²) in [5, 5.41) is 8.96. The normalized spacial score (nSPS) is 9.60. The van der Waals surface area contributed by atoms with E-state index < -0.39 is 0 Å². The smallest absolute Gasteiger partial charge is 0.337 e. The summed E-state index contributed by atoms with van der Waals surface area (Å²) < 4.78 is 10.2. The first-order valence-corrected chi connectivity index (χ1v) is 6.04. The van der Waals surface area contributed by atoms with Gasteiger partial charge >= 0.3 is 5.97 Å². The largest absolute Gasteiger partial charge is 0.488 e. The van der Waals surface area contributed by atoms with Crippen LogP contribution in [-0.2, 0) is 11.3 Å². The Morgan fingerprint density at radius 1 is 1.15 bits per heavy atom. The Balaban J connectivity index is 2.04. The van der Waals surface area contributed by atoms with Crippen LogP contribution in [0.15, 0.2) is 48.5 Å². The summed E-state index contributed by atoms with van der Waals surface area (Å²) in [6.07, 6.45) is 0. The lowest BCUT2D eigenvalue weighted by molar-refractivity contribution is 0.0600. The first-order valence-electron chi connectivity index (χ1n) is 6.04. The van der Waals surface area contributed by atoms with E-state index in [4.69, 9.17) is 10.00 Å². The minimum absolute atomic E-state index is 0.333. The molecule has 0 spiro atoms. The first-order chi connectivity index (χ1) is 9.74. The predicted octanol–water partition coefficient (Wildman–Crippen LogP) is 2.92. The molecule has 2 aromatic carbocycles. The highest BCUT2D eigenvalue weighted by atomic mass is 16.5. The van der Waals surface area contributed by atoms with Crippen molar-refractivity contribution in [3.05, 3.63) is 65.2 Å². The molecule has 0 aliphatic rings. The molecule has 0 saturated heterocycles. The van der Waals surface area contributed by atoms with E-state index in [0.29, 0.717) is 23.5 Å². The second-order valence-electron chi connectivity index (χ2n) is 4.09. The van der Waals surface area contributed by atoms with Crippen molar-refractivity contribution in [2.24, 2.45) is 0 Å². The van der Waals surface area contributed by atoms with E-state index in [0.717, 1.165) is 5.56 Å². The minimum Gasteiger partial charge on any atom is -0.488 e. The number of carbonyl (C=O) groups is 1. The average molecular weight is 267 g/mol. The van der Waals surface area contributed by atoms with Crippen LogP contribution in [0.2, 0.25) is 0 Å². The fraction of sp³-hybridized carbons (Fsp3) is 0.125. The number of ether oxygens (including phenoxy) is 2. The second-order valence-corrected chi connectivity index (χ2v) is 4.09. The molecule has 0 amide bonds. The number of rotatable bonds is 4. The van der Waals surface area contributed by atoms with Gasteiger partial charge in [0.1, 0.15) is 18.4 Å². The molecule has 0 saturated carbocycles. The van der Waals surface area contributed by atoms with Crippen LogP contribution in [0.3, 0.4) is 0 Å². The fourth-order valence-electron chi connectivity index (χ4n) is 1.70. The highest BCUT2D eigenvalue weighted by molar-refractivity contribution is 5.89. The zero-order valence-corrected chi connectivity index (χ0v) is 11.0. The molecule has 0 aliphatic heterocycles. The summed E-state index contributed by atoms with van der Waals surface area (Å²) in [7, 11) is 1.35. The van der Waals surface area contributed by atoms with Crippen molar-refractivity contribution in [3.8, 4) is 11.8 Å². The second kappa shape index (κ2) is 6.39. The Bertz CT molecular complexity index is 642. The lowest BCUT2D eigenvalue weighted by atomic mass is 10.1. The summed E-state index contributed by atoms with van der Waals surface area (Å²) in [6, 6.07) is 16.1. The molecular formula is C16H13NO3. The highest BCUT2D eigenvalue weighted by Gasteiger charge is 2.05. The maximum atomic E-state index is 11.3. The molecule has 0 radical (unpaired) electrons. The summed E-state index contributed by atoms with van der Waals surface area (Å²) >= 11 is 0. The van der Waals surface area contributed by atoms with Crippen molar-refractivity contribution in [2.45, 2.75) is 6.61 Å². The van der Waals surface area contributed by atoms with E-state index >= 15 is 0 Å². The number of hydrogen-bond acceptors (Lipinski definition) is 4. The third-order valence-corrected chi connectivity index (χ3v) is 2.78. The average Bonchev–Trinajstić information content (AvgIpc) is 2.53. The molecule has 0 N–H and O–H groups in total. The monoisotopic (exact) mass is 267 g/mol. The molecule has 0 bridgehead atoms. The summed E-state index contributed by atoms with van der Waals surface area (Å²) in [6.45, 7) is 0.333. The van der Waals surface area contributed by atoms with Crippen molar-refractivity contribution in [3.63, 3.8) is 0 Å². The number of nitriles is 1. The van der Waals surface area contributed by atoms with E-state index in [2.05, 4.69) is 10.8 Å². The van der Waals surface area contributed by atoms with Gasteiger partial charge < -0.3 is 9.47 Å². The number of hydrogen-bond donors (Lipinski definition) is 0. The standard InChI is InChI=1S/C16H13NO3/c1-19-16(18)13-8-6-12(7-9-13)11-20-15-5-3-2-4-14(15)10-17/h2-9H,11H2,1H3. The van der Waals surface area contributed by atoms with Crippen LogP contribution in [0.25, 0.3) is 0 Å². The van der Waals surface area contributed by atoms with Crippen LogP contribution in [0, 0.1) is 11.3 Å². The van der Waals surface area contributed by atoms with E-state index in [1.54, 1.807) is 42.5 Å². The minimum atomic E-state index is -0.368. The van der Waals surface area contributed by atoms with E-state index in [9.17, 15) is 4.79 Å². The van der Waals surface area contributed by atoms with Crippen molar-refractivity contribution < 1.29 is 14.3 Å². The molecular weight excluding hydrogens is 254 g/mol. The maximum absolute atomic E-state index is 11.3.